The van der Waals surface area contributed by atoms with Crippen molar-refractivity contribution < 1.29 is 9.13 Å². The number of halogens is 2. The molecule has 2 aliphatic rings. The van der Waals surface area contributed by atoms with Gasteiger partial charge in [-0.1, -0.05) is 43.2 Å². The van der Waals surface area contributed by atoms with Crippen LogP contribution in [0, 0.1) is 23.6 Å². The van der Waals surface area contributed by atoms with Crippen LogP contribution in [0.15, 0.2) is 30.4 Å². The molecule has 1 unspecified atom stereocenters. The third kappa shape index (κ3) is 4.96. The Kier molecular flexibility index (Phi) is 7.41. The van der Waals surface area contributed by atoms with Gasteiger partial charge in [-0.05, 0) is 92.4 Å². The van der Waals surface area contributed by atoms with Crippen LogP contribution in [0.4, 0.5) is 4.39 Å². The summed E-state index contributed by atoms with van der Waals surface area (Å²) in [6, 6.07) is 3.57. The van der Waals surface area contributed by atoms with Crippen LogP contribution in [0.1, 0.15) is 70.3 Å². The number of methoxy groups -OCH3 is 1. The maximum atomic E-state index is 14.2. The second kappa shape index (κ2) is 9.78. The number of allylic oxidation sites excluding steroid dienone is 4. The molecule has 0 bridgehead atoms. The third-order valence-electron chi connectivity index (χ3n) is 6.41. The molecule has 1 fully saturated rings. The fraction of sp³-hybridized carbons (Fsp3) is 0.583. The summed E-state index contributed by atoms with van der Waals surface area (Å²) < 4.78 is 19.3. The van der Waals surface area contributed by atoms with Gasteiger partial charge in [-0.3, -0.25) is 0 Å². The van der Waals surface area contributed by atoms with Gasteiger partial charge in [0.25, 0.3) is 0 Å². The highest BCUT2D eigenvalue weighted by Crippen LogP contribution is 2.43. The van der Waals surface area contributed by atoms with E-state index in [2.05, 4.69) is 25.2 Å². The van der Waals surface area contributed by atoms with Gasteiger partial charge in [0.1, 0.15) is 0 Å². The fourth-order valence-electron chi connectivity index (χ4n) is 4.73. The Labute approximate surface area is 168 Å². The molecule has 1 atom stereocenters. The van der Waals surface area contributed by atoms with E-state index in [1.54, 1.807) is 6.07 Å². The first-order valence-electron chi connectivity index (χ1n) is 10.5. The lowest BCUT2D eigenvalue weighted by Gasteiger charge is -2.35. The van der Waals surface area contributed by atoms with Crippen LogP contribution in [0.5, 0.6) is 5.75 Å². The summed E-state index contributed by atoms with van der Waals surface area (Å²) in [5.41, 5.74) is 2.02. The van der Waals surface area contributed by atoms with E-state index in [0.29, 0.717) is 0 Å². The summed E-state index contributed by atoms with van der Waals surface area (Å²) >= 11 is 6.26. The smallest absolute Gasteiger partial charge is 0.184 e. The van der Waals surface area contributed by atoms with Crippen LogP contribution >= 0.6 is 11.6 Å². The van der Waals surface area contributed by atoms with Crippen LogP contribution in [0.25, 0.3) is 5.57 Å². The molecule has 148 valence electrons. The molecule has 1 nitrogen and oxygen atoms in total. The Hall–Kier alpha value is -1.28. The lowest BCUT2D eigenvalue weighted by atomic mass is 9.71. The molecule has 0 aliphatic heterocycles. The summed E-state index contributed by atoms with van der Waals surface area (Å²) in [5.74, 6) is 2.18. The van der Waals surface area contributed by atoms with Gasteiger partial charge < -0.3 is 4.74 Å². The van der Waals surface area contributed by atoms with Gasteiger partial charge in [0.2, 0.25) is 0 Å². The number of benzene rings is 1. The number of hydrogen-bond acceptors (Lipinski definition) is 1. The van der Waals surface area contributed by atoms with Crippen molar-refractivity contribution in [1.29, 1.82) is 0 Å². The lowest BCUT2D eigenvalue weighted by Crippen LogP contribution is -2.22. The van der Waals surface area contributed by atoms with Crippen LogP contribution in [-0.2, 0) is 0 Å². The maximum absolute atomic E-state index is 14.2. The van der Waals surface area contributed by atoms with Crippen molar-refractivity contribution in [1.82, 2.24) is 0 Å². The monoisotopic (exact) mass is 390 g/mol. The first-order chi connectivity index (χ1) is 13.1. The maximum Gasteiger partial charge on any atom is 0.184 e. The van der Waals surface area contributed by atoms with Crippen molar-refractivity contribution in [3.8, 4) is 5.75 Å². The number of rotatable bonds is 6. The second-order valence-electron chi connectivity index (χ2n) is 8.10. The predicted molar refractivity (Wildman–Crippen MR) is 113 cm³/mol. The number of ether oxygens (including phenoxy) is 1. The van der Waals surface area contributed by atoms with E-state index in [4.69, 9.17) is 16.3 Å². The second-order valence-corrected chi connectivity index (χ2v) is 8.48. The molecule has 3 rings (SSSR count). The van der Waals surface area contributed by atoms with Crippen LogP contribution in [0.3, 0.4) is 0 Å². The van der Waals surface area contributed by atoms with Gasteiger partial charge in [-0.2, -0.15) is 0 Å². The summed E-state index contributed by atoms with van der Waals surface area (Å²) in [7, 11) is 1.47. The molecule has 0 heterocycles. The number of hydrogen-bond donors (Lipinski definition) is 0. The SMILES string of the molecule is CCC/C=C/C1CCC(C2CC=C(c3ccc(OC)c(F)c3Cl)CC2)CC1. The summed E-state index contributed by atoms with van der Waals surface area (Å²) in [6.45, 7) is 2.24. The highest BCUT2D eigenvalue weighted by Gasteiger charge is 2.28. The van der Waals surface area contributed by atoms with E-state index in [9.17, 15) is 4.39 Å². The molecule has 3 heteroatoms. The molecule has 0 amide bonds. The minimum Gasteiger partial charge on any atom is -0.494 e. The van der Waals surface area contributed by atoms with Gasteiger partial charge in [-0.15, -0.1) is 0 Å². The zero-order valence-electron chi connectivity index (χ0n) is 16.6. The molecule has 1 saturated carbocycles. The van der Waals surface area contributed by atoms with Crippen LogP contribution < -0.4 is 4.74 Å². The van der Waals surface area contributed by atoms with Crippen LogP contribution in [0.2, 0.25) is 5.02 Å². The first-order valence-corrected chi connectivity index (χ1v) is 10.9. The van der Waals surface area contributed by atoms with Gasteiger partial charge in [0, 0.05) is 0 Å². The molecule has 0 aromatic heterocycles. The Morgan fingerprint density at radius 2 is 1.93 bits per heavy atom. The Balaban J connectivity index is 1.57. The topological polar surface area (TPSA) is 9.23 Å². The first kappa shape index (κ1) is 20.5. The van der Waals surface area contributed by atoms with E-state index in [-0.39, 0.29) is 10.8 Å². The zero-order valence-corrected chi connectivity index (χ0v) is 17.4. The molecule has 27 heavy (non-hydrogen) atoms. The molecule has 0 saturated heterocycles. The highest BCUT2D eigenvalue weighted by molar-refractivity contribution is 6.32. The van der Waals surface area contributed by atoms with Crippen molar-refractivity contribution in [2.24, 2.45) is 17.8 Å². The molecule has 1 aromatic carbocycles. The highest BCUT2D eigenvalue weighted by atomic mass is 35.5. The lowest BCUT2D eigenvalue weighted by molar-refractivity contribution is 0.212. The van der Waals surface area contributed by atoms with Crippen molar-refractivity contribution >= 4 is 17.2 Å². The number of unbranched alkanes of at least 4 members (excludes halogenated alkanes) is 1. The Morgan fingerprint density at radius 3 is 2.56 bits per heavy atom. The van der Waals surface area contributed by atoms with Crippen molar-refractivity contribution in [3.05, 3.63) is 46.8 Å². The van der Waals surface area contributed by atoms with E-state index in [1.807, 2.05) is 6.07 Å². The zero-order chi connectivity index (χ0) is 19.2. The minimum absolute atomic E-state index is 0.193. The normalized spacial score (nSPS) is 26.2. The standard InChI is InChI=1S/C24H32ClFO/c1-3-4-5-6-17-7-9-18(10-8-17)19-11-13-20(14-12-19)21-15-16-22(27-2)24(26)23(21)25/h5-6,13,15-19H,3-4,7-12,14H2,1-2H3/b6-5+. The van der Waals surface area contributed by atoms with E-state index < -0.39 is 5.82 Å². The largest absolute Gasteiger partial charge is 0.494 e. The van der Waals surface area contributed by atoms with Gasteiger partial charge in [0.15, 0.2) is 11.6 Å². The summed E-state index contributed by atoms with van der Waals surface area (Å²) in [5, 5.41) is 0.193. The van der Waals surface area contributed by atoms with Crippen molar-refractivity contribution in [2.45, 2.75) is 64.7 Å². The minimum atomic E-state index is -0.450. The molecule has 1 aromatic rings. The predicted octanol–water partition coefficient (Wildman–Crippen LogP) is 7.83. The van der Waals surface area contributed by atoms with Gasteiger partial charge in [-0.25, -0.2) is 4.39 Å². The summed E-state index contributed by atoms with van der Waals surface area (Å²) in [6.07, 6.45) is 18.3. The quantitative estimate of drug-likeness (QED) is 0.449. The van der Waals surface area contributed by atoms with E-state index in [0.717, 1.165) is 36.2 Å². The molecule has 0 spiro atoms. The van der Waals surface area contributed by atoms with E-state index >= 15 is 0 Å². The van der Waals surface area contributed by atoms with Crippen molar-refractivity contribution in [2.75, 3.05) is 7.11 Å². The molecular formula is C24H32ClFO. The van der Waals surface area contributed by atoms with Crippen molar-refractivity contribution in [3.63, 3.8) is 0 Å². The average Bonchev–Trinajstić information content (AvgIpc) is 2.71. The average molecular weight is 391 g/mol. The molecule has 0 N–H and O–H groups in total. The fourth-order valence-corrected chi connectivity index (χ4v) is 5.01. The third-order valence-corrected chi connectivity index (χ3v) is 6.78. The molecular weight excluding hydrogens is 359 g/mol. The Bertz CT molecular complexity index is 686. The Morgan fingerprint density at radius 1 is 1.15 bits per heavy atom. The van der Waals surface area contributed by atoms with E-state index in [1.165, 1.54) is 57.6 Å². The van der Waals surface area contributed by atoms with Crippen LogP contribution in [-0.4, -0.2) is 7.11 Å². The van der Waals surface area contributed by atoms with Gasteiger partial charge in [0.05, 0.1) is 12.1 Å². The molecule has 0 radical (unpaired) electrons. The van der Waals surface area contributed by atoms with Gasteiger partial charge >= 0.3 is 0 Å². The molecule has 2 aliphatic carbocycles. The summed E-state index contributed by atoms with van der Waals surface area (Å²) in [4.78, 5) is 0.